The van der Waals surface area contributed by atoms with Crippen LogP contribution in [0.5, 0.6) is 5.75 Å². The van der Waals surface area contributed by atoms with Crippen LogP contribution in [-0.4, -0.2) is 46.0 Å². The van der Waals surface area contributed by atoms with Crippen LogP contribution in [0, 0.1) is 13.8 Å². The number of rotatable bonds is 6. The summed E-state index contributed by atoms with van der Waals surface area (Å²) in [7, 11) is -9.39. The van der Waals surface area contributed by atoms with Crippen molar-refractivity contribution in [1.29, 1.82) is 0 Å². The molecule has 0 spiro atoms. The van der Waals surface area contributed by atoms with Gasteiger partial charge in [0.1, 0.15) is 22.1 Å². The van der Waals surface area contributed by atoms with E-state index in [0.717, 1.165) is 12.1 Å². The molecule has 4 N–H and O–H groups in total. The quantitative estimate of drug-likeness (QED) is 0.133. The molecule has 0 aliphatic carbocycles. The summed E-state index contributed by atoms with van der Waals surface area (Å²) in [6.45, 7) is 3.11. The lowest BCUT2D eigenvalue weighted by Crippen LogP contribution is -2.04. The van der Waals surface area contributed by atoms with Crippen molar-refractivity contribution in [3.8, 4) is 5.75 Å². The van der Waals surface area contributed by atoms with E-state index in [2.05, 4.69) is 30.5 Å². The lowest BCUT2D eigenvalue weighted by Gasteiger charge is -2.15. The lowest BCUT2D eigenvalue weighted by atomic mass is 10.0. The average Bonchev–Trinajstić information content (AvgIpc) is 2.86. The number of halogens is 1. The van der Waals surface area contributed by atoms with Crippen LogP contribution < -0.4 is 5.32 Å². The fourth-order valence-electron chi connectivity index (χ4n) is 4.31. The van der Waals surface area contributed by atoms with Crippen molar-refractivity contribution >= 4 is 76.4 Å². The number of anilines is 2. The number of aryl methyl sites for hydroxylation is 2. The minimum atomic E-state index is -4.72. The van der Waals surface area contributed by atoms with Crippen molar-refractivity contribution in [2.75, 3.05) is 5.32 Å². The van der Waals surface area contributed by atoms with Crippen LogP contribution in [0.2, 0.25) is 5.28 Å². The van der Waals surface area contributed by atoms with Crippen molar-refractivity contribution in [3.63, 3.8) is 0 Å². The number of phenolic OH excluding ortho intramolecular Hbond substituents is 1. The molecule has 16 heteroatoms. The molecule has 0 atom stereocenters. The van der Waals surface area contributed by atoms with E-state index in [1.807, 2.05) is 0 Å². The molecule has 0 saturated carbocycles. The van der Waals surface area contributed by atoms with Crippen LogP contribution in [0.1, 0.15) is 11.4 Å². The van der Waals surface area contributed by atoms with Crippen LogP contribution in [-0.2, 0) is 20.2 Å². The highest BCUT2D eigenvalue weighted by Crippen LogP contribution is 2.44. The van der Waals surface area contributed by atoms with Gasteiger partial charge < -0.3 is 10.4 Å². The maximum atomic E-state index is 12.3. The van der Waals surface area contributed by atoms with Gasteiger partial charge in [-0.1, -0.05) is 30.3 Å². The van der Waals surface area contributed by atoms with Gasteiger partial charge in [-0.3, -0.25) is 9.11 Å². The van der Waals surface area contributed by atoms with Crippen LogP contribution >= 0.6 is 11.6 Å². The second-order valence-electron chi connectivity index (χ2n) is 8.84. The molecule has 0 amide bonds. The highest BCUT2D eigenvalue weighted by molar-refractivity contribution is 7.86. The molecule has 4 aromatic carbocycles. The third kappa shape index (κ3) is 5.66. The largest absolute Gasteiger partial charge is 0.505 e. The molecule has 0 fully saturated rings. The number of phenols is 1. The Balaban J connectivity index is 1.72. The van der Waals surface area contributed by atoms with Gasteiger partial charge in [-0.05, 0) is 66.0 Å². The second-order valence-corrected chi connectivity index (χ2v) is 12.0. The van der Waals surface area contributed by atoms with Crippen molar-refractivity contribution in [2.24, 2.45) is 10.2 Å². The van der Waals surface area contributed by atoms with Gasteiger partial charge in [-0.25, -0.2) is 4.98 Å². The number of azo groups is 1. The van der Waals surface area contributed by atoms with Gasteiger partial charge in [0, 0.05) is 10.8 Å². The van der Waals surface area contributed by atoms with E-state index in [-0.39, 0.29) is 50.3 Å². The van der Waals surface area contributed by atoms with E-state index >= 15 is 0 Å². The number of hydrogen-bond donors (Lipinski definition) is 4. The molecule has 0 aliphatic heterocycles. The Bertz CT molecular complexity index is 2120. The van der Waals surface area contributed by atoms with Gasteiger partial charge in [-0.2, -0.15) is 26.8 Å². The third-order valence-corrected chi connectivity index (χ3v) is 7.93. The second kappa shape index (κ2) is 10.3. The molecule has 0 radical (unpaired) electrons. The fraction of sp³-hybridized carbons (Fsp3) is 0.0800. The molecule has 0 bridgehead atoms. The minimum absolute atomic E-state index is 0.0323. The summed E-state index contributed by atoms with van der Waals surface area (Å²) in [5.41, 5.74) is 0.0282. The Morgan fingerprint density at radius 1 is 0.854 bits per heavy atom. The molecule has 0 saturated heterocycles. The Hall–Kier alpha value is -4.28. The molecule has 0 unspecified atom stereocenters. The Labute approximate surface area is 238 Å². The molecule has 41 heavy (non-hydrogen) atoms. The number of fused-ring (bicyclic) bond motifs is 2. The van der Waals surface area contributed by atoms with E-state index in [1.165, 1.54) is 18.2 Å². The summed E-state index contributed by atoms with van der Waals surface area (Å²) in [5.74, 6) is -0.282. The van der Waals surface area contributed by atoms with E-state index in [0.29, 0.717) is 10.9 Å². The normalized spacial score (nSPS) is 12.4. The van der Waals surface area contributed by atoms with Gasteiger partial charge in [0.25, 0.3) is 20.2 Å². The summed E-state index contributed by atoms with van der Waals surface area (Å²) in [6.07, 6.45) is 0. The first-order valence-corrected chi connectivity index (χ1v) is 14.8. The zero-order valence-corrected chi connectivity index (χ0v) is 23.5. The monoisotopic (exact) mass is 614 g/mol. The average molecular weight is 615 g/mol. The predicted octanol–water partition coefficient (Wildman–Crippen LogP) is 5.81. The first-order valence-electron chi connectivity index (χ1n) is 11.6. The molecule has 5 aromatic rings. The summed E-state index contributed by atoms with van der Waals surface area (Å²) < 4.78 is 68.2. The van der Waals surface area contributed by atoms with E-state index < -0.39 is 35.8 Å². The fourth-order valence-corrected chi connectivity index (χ4v) is 5.89. The van der Waals surface area contributed by atoms with E-state index in [9.17, 15) is 31.0 Å². The first kappa shape index (κ1) is 28.3. The van der Waals surface area contributed by atoms with Crippen molar-refractivity contribution < 1.29 is 31.0 Å². The molecular formula is C25H19ClN6O7S2. The highest BCUT2D eigenvalue weighted by Gasteiger charge is 2.22. The highest BCUT2D eigenvalue weighted by atomic mass is 35.5. The van der Waals surface area contributed by atoms with E-state index in [1.54, 1.807) is 38.1 Å². The number of aromatic nitrogens is 3. The molecule has 1 heterocycles. The zero-order chi connectivity index (χ0) is 29.7. The number of aromatic hydroxyl groups is 1. The number of nitrogens with zero attached hydrogens (tertiary/aromatic N) is 5. The first-order chi connectivity index (χ1) is 19.2. The van der Waals surface area contributed by atoms with Crippen molar-refractivity contribution in [1.82, 2.24) is 15.0 Å². The van der Waals surface area contributed by atoms with Gasteiger partial charge in [-0.15, -0.1) is 10.2 Å². The lowest BCUT2D eigenvalue weighted by molar-refractivity contribution is 0.480. The van der Waals surface area contributed by atoms with Crippen molar-refractivity contribution in [3.05, 3.63) is 71.3 Å². The number of nitrogens with one attached hydrogen (secondary N) is 1. The zero-order valence-electron chi connectivity index (χ0n) is 21.1. The summed E-state index contributed by atoms with van der Waals surface area (Å²) in [6, 6.07) is 13.1. The van der Waals surface area contributed by atoms with Gasteiger partial charge >= 0.3 is 0 Å². The van der Waals surface area contributed by atoms with Gasteiger partial charge in [0.05, 0.1) is 10.6 Å². The predicted molar refractivity (Wildman–Crippen MR) is 151 cm³/mol. The van der Waals surface area contributed by atoms with Crippen molar-refractivity contribution in [2.45, 2.75) is 23.6 Å². The molecule has 13 nitrogen and oxygen atoms in total. The molecule has 5 rings (SSSR count). The van der Waals surface area contributed by atoms with Gasteiger partial charge in [0.15, 0.2) is 5.75 Å². The smallest absolute Gasteiger partial charge is 0.297 e. The Morgan fingerprint density at radius 2 is 1.59 bits per heavy atom. The van der Waals surface area contributed by atoms with Crippen LogP contribution in [0.25, 0.3) is 21.5 Å². The Morgan fingerprint density at radius 3 is 2.27 bits per heavy atom. The minimum Gasteiger partial charge on any atom is -0.505 e. The summed E-state index contributed by atoms with van der Waals surface area (Å²) in [4.78, 5) is 11.0. The van der Waals surface area contributed by atoms with Crippen LogP contribution in [0.4, 0.5) is 23.0 Å². The van der Waals surface area contributed by atoms with Gasteiger partial charge in [0.2, 0.25) is 11.2 Å². The SMILES string of the molecule is Cc1nc(Cl)nc(Nc2cc(S(=O)(=O)O)cc3cc(C)c(N=Nc4ccc5ccccc5c4S(=O)(=O)O)c(O)c23)n1. The Kier molecular flexibility index (Phi) is 7.08. The maximum Gasteiger partial charge on any atom is 0.297 e. The van der Waals surface area contributed by atoms with Crippen LogP contribution in [0.15, 0.2) is 74.6 Å². The molecule has 210 valence electrons. The van der Waals surface area contributed by atoms with E-state index in [4.69, 9.17) is 11.6 Å². The third-order valence-electron chi connectivity index (χ3n) is 5.99. The summed E-state index contributed by atoms with van der Waals surface area (Å²) >= 11 is 5.92. The number of benzene rings is 4. The standard InChI is InChI=1S/C25H19ClN6O7S2/c1-12-9-15-10-16(40(34,35)36)11-19(29-25-28-13(2)27-24(26)30-25)20(15)22(33)21(12)32-31-18-8-7-14-5-3-4-6-17(14)23(18)41(37,38)39/h3-11,33H,1-2H3,(H,34,35,36)(H,37,38,39)(H,27,28,29,30). The maximum absolute atomic E-state index is 12.3. The topological polar surface area (TPSA) is 204 Å². The van der Waals surface area contributed by atoms with Crippen LogP contribution in [0.3, 0.4) is 0 Å². The number of hydrogen-bond acceptors (Lipinski definition) is 11. The molecule has 1 aromatic heterocycles. The molecular weight excluding hydrogens is 596 g/mol. The molecule has 0 aliphatic rings. The summed E-state index contributed by atoms with van der Waals surface area (Å²) in [5, 5.41) is 23.1.